The lowest BCUT2D eigenvalue weighted by atomic mass is 10.2. The van der Waals surface area contributed by atoms with Crippen LogP contribution >= 0.6 is 27.3 Å². The Morgan fingerprint density at radius 3 is 3.00 bits per heavy atom. The maximum Gasteiger partial charge on any atom is 0.134 e. The summed E-state index contributed by atoms with van der Waals surface area (Å²) in [5, 5.41) is 5.71. The summed E-state index contributed by atoms with van der Waals surface area (Å²) in [7, 11) is 0. The first-order valence-electron chi connectivity index (χ1n) is 7.01. The summed E-state index contributed by atoms with van der Waals surface area (Å²) in [6.45, 7) is 5.04. The molecule has 21 heavy (non-hydrogen) atoms. The van der Waals surface area contributed by atoms with Crippen molar-refractivity contribution in [3.63, 3.8) is 0 Å². The van der Waals surface area contributed by atoms with Gasteiger partial charge in [0.2, 0.25) is 0 Å². The molecular weight excluding hydrogens is 348 g/mol. The number of hydrogen-bond acceptors (Lipinski definition) is 4. The number of rotatable bonds is 5. The van der Waals surface area contributed by atoms with Crippen molar-refractivity contribution in [3.8, 4) is 0 Å². The van der Waals surface area contributed by atoms with Crippen LogP contribution in [0.25, 0.3) is 11.0 Å². The molecule has 0 fully saturated rings. The second-order valence-electron chi connectivity index (χ2n) is 5.01. The lowest BCUT2D eigenvalue weighted by molar-refractivity contribution is 0.450. The first kappa shape index (κ1) is 14.8. The van der Waals surface area contributed by atoms with E-state index in [0.29, 0.717) is 0 Å². The van der Waals surface area contributed by atoms with Crippen molar-refractivity contribution in [1.82, 2.24) is 10.3 Å². The molecule has 2 heterocycles. The van der Waals surface area contributed by atoms with Crippen LogP contribution in [0.2, 0.25) is 0 Å². The number of nitrogens with one attached hydrogen (secondary N) is 1. The normalized spacial score (nSPS) is 12.9. The minimum Gasteiger partial charge on any atom is -0.459 e. The zero-order valence-electron chi connectivity index (χ0n) is 12.0. The molecule has 0 spiro atoms. The van der Waals surface area contributed by atoms with E-state index in [1.165, 1.54) is 4.88 Å². The summed E-state index contributed by atoms with van der Waals surface area (Å²) >= 11 is 5.25. The molecule has 5 heteroatoms. The van der Waals surface area contributed by atoms with Crippen molar-refractivity contribution >= 4 is 38.2 Å². The third-order valence-corrected chi connectivity index (χ3v) is 5.07. The van der Waals surface area contributed by atoms with Crippen molar-refractivity contribution in [3.05, 3.63) is 50.6 Å². The molecule has 3 rings (SSSR count). The van der Waals surface area contributed by atoms with Crippen LogP contribution in [0.4, 0.5) is 0 Å². The summed E-state index contributed by atoms with van der Waals surface area (Å²) in [6, 6.07) is 8.31. The molecule has 0 aliphatic carbocycles. The minimum absolute atomic E-state index is 0.158. The predicted molar refractivity (Wildman–Crippen MR) is 90.7 cm³/mol. The molecule has 0 aliphatic rings. The van der Waals surface area contributed by atoms with Crippen LogP contribution in [0.1, 0.15) is 35.5 Å². The van der Waals surface area contributed by atoms with Crippen molar-refractivity contribution in [1.29, 1.82) is 0 Å². The van der Waals surface area contributed by atoms with E-state index in [1.54, 1.807) is 11.3 Å². The largest absolute Gasteiger partial charge is 0.459 e. The number of hydrogen-bond donors (Lipinski definition) is 1. The summed E-state index contributed by atoms with van der Waals surface area (Å²) in [5.41, 5.74) is 0.921. The number of halogens is 1. The maximum absolute atomic E-state index is 5.90. The van der Waals surface area contributed by atoms with Gasteiger partial charge in [-0.05, 0) is 37.6 Å². The Kier molecular flexibility index (Phi) is 4.42. The van der Waals surface area contributed by atoms with Gasteiger partial charge in [-0.25, -0.2) is 4.98 Å². The maximum atomic E-state index is 5.90. The van der Waals surface area contributed by atoms with E-state index in [0.717, 1.165) is 39.2 Å². The predicted octanol–water partition coefficient (Wildman–Crippen LogP) is 5.07. The number of thiazole rings is 1. The fraction of sp³-hybridized carbons (Fsp3) is 0.312. The molecule has 3 nitrogen and oxygen atoms in total. The van der Waals surface area contributed by atoms with Crippen LogP contribution in [-0.4, -0.2) is 4.98 Å². The molecule has 1 N–H and O–H groups in total. The van der Waals surface area contributed by atoms with Gasteiger partial charge in [0.1, 0.15) is 16.4 Å². The monoisotopic (exact) mass is 364 g/mol. The Bertz CT molecular complexity index is 750. The van der Waals surface area contributed by atoms with Gasteiger partial charge in [0, 0.05) is 27.5 Å². The number of furan rings is 1. The summed E-state index contributed by atoms with van der Waals surface area (Å²) in [4.78, 5) is 5.75. The van der Waals surface area contributed by atoms with Crippen molar-refractivity contribution < 1.29 is 4.42 Å². The summed E-state index contributed by atoms with van der Waals surface area (Å²) in [6.07, 6.45) is 3.01. The Labute approximate surface area is 136 Å². The molecule has 0 saturated carbocycles. The second kappa shape index (κ2) is 6.30. The van der Waals surface area contributed by atoms with Crippen LogP contribution in [0.5, 0.6) is 0 Å². The number of aryl methyl sites for hydroxylation is 1. The van der Waals surface area contributed by atoms with Gasteiger partial charge in [0.15, 0.2) is 0 Å². The van der Waals surface area contributed by atoms with E-state index >= 15 is 0 Å². The average Bonchev–Trinajstić information content (AvgIpc) is 3.10. The smallest absolute Gasteiger partial charge is 0.134 e. The third kappa shape index (κ3) is 3.36. The van der Waals surface area contributed by atoms with E-state index < -0.39 is 0 Å². The van der Waals surface area contributed by atoms with E-state index in [-0.39, 0.29) is 6.04 Å². The molecule has 3 aromatic rings. The first-order valence-corrected chi connectivity index (χ1v) is 8.62. The Balaban J connectivity index is 1.69. The quantitative estimate of drug-likeness (QED) is 0.686. The molecule has 2 aromatic heterocycles. The van der Waals surface area contributed by atoms with Crippen LogP contribution in [0, 0.1) is 0 Å². The summed E-state index contributed by atoms with van der Waals surface area (Å²) in [5.74, 6) is 0.954. The van der Waals surface area contributed by atoms with Gasteiger partial charge in [-0.1, -0.05) is 22.9 Å². The molecule has 110 valence electrons. The van der Waals surface area contributed by atoms with Crippen LogP contribution in [-0.2, 0) is 13.0 Å². The Hall–Kier alpha value is -1.17. The van der Waals surface area contributed by atoms with Gasteiger partial charge in [-0.3, -0.25) is 0 Å². The first-order chi connectivity index (χ1) is 10.2. The molecule has 0 radical (unpaired) electrons. The zero-order chi connectivity index (χ0) is 14.8. The van der Waals surface area contributed by atoms with Crippen molar-refractivity contribution in [2.24, 2.45) is 0 Å². The van der Waals surface area contributed by atoms with E-state index in [4.69, 9.17) is 4.42 Å². The van der Waals surface area contributed by atoms with Gasteiger partial charge < -0.3 is 9.73 Å². The van der Waals surface area contributed by atoms with Gasteiger partial charge in [0.05, 0.1) is 6.04 Å². The van der Waals surface area contributed by atoms with Crippen LogP contribution in [0.3, 0.4) is 0 Å². The lowest BCUT2D eigenvalue weighted by Crippen LogP contribution is -2.17. The average molecular weight is 365 g/mol. The zero-order valence-corrected chi connectivity index (χ0v) is 14.4. The van der Waals surface area contributed by atoms with Crippen LogP contribution in [0.15, 0.2) is 39.4 Å². The molecule has 0 aliphatic heterocycles. The highest BCUT2D eigenvalue weighted by molar-refractivity contribution is 9.10. The molecular formula is C16H17BrN2OS. The van der Waals surface area contributed by atoms with Gasteiger partial charge in [-0.2, -0.15) is 0 Å². The fourth-order valence-electron chi connectivity index (χ4n) is 2.18. The molecule has 1 unspecified atom stereocenters. The summed E-state index contributed by atoms with van der Waals surface area (Å²) < 4.78 is 6.97. The Morgan fingerprint density at radius 1 is 1.38 bits per heavy atom. The minimum atomic E-state index is 0.158. The number of benzene rings is 1. The lowest BCUT2D eigenvalue weighted by Gasteiger charge is -2.09. The number of nitrogens with zero attached hydrogens (tertiary/aromatic N) is 1. The number of fused-ring (bicyclic) bond motifs is 1. The topological polar surface area (TPSA) is 38.1 Å². The fourth-order valence-corrected chi connectivity index (χ4v) is 3.37. The molecule has 1 atom stereocenters. The van der Waals surface area contributed by atoms with Gasteiger partial charge in [-0.15, -0.1) is 11.3 Å². The van der Waals surface area contributed by atoms with Gasteiger partial charge >= 0.3 is 0 Å². The van der Waals surface area contributed by atoms with E-state index in [2.05, 4.69) is 52.2 Å². The highest BCUT2D eigenvalue weighted by Crippen LogP contribution is 2.26. The highest BCUT2D eigenvalue weighted by atomic mass is 79.9. The molecule has 1 aromatic carbocycles. The Morgan fingerprint density at radius 2 is 2.24 bits per heavy atom. The third-order valence-electron chi connectivity index (χ3n) is 3.43. The number of aromatic nitrogens is 1. The van der Waals surface area contributed by atoms with Crippen molar-refractivity contribution in [2.45, 2.75) is 32.9 Å². The van der Waals surface area contributed by atoms with Crippen molar-refractivity contribution in [2.75, 3.05) is 0 Å². The van der Waals surface area contributed by atoms with E-state index in [9.17, 15) is 0 Å². The molecule has 0 saturated heterocycles. The SMILES string of the molecule is CCc1cnc(CNC(C)c2cc3cc(Br)ccc3o2)s1. The molecule has 0 amide bonds. The second-order valence-corrected chi connectivity index (χ2v) is 7.12. The van der Waals surface area contributed by atoms with Crippen LogP contribution < -0.4 is 5.32 Å². The molecule has 0 bridgehead atoms. The standard InChI is InChI=1S/C16H17BrN2OS/c1-3-13-8-19-16(21-13)9-18-10(2)15-7-11-6-12(17)4-5-14(11)20-15/h4-8,10,18H,3,9H2,1-2H3. The van der Waals surface area contributed by atoms with Gasteiger partial charge in [0.25, 0.3) is 0 Å². The highest BCUT2D eigenvalue weighted by Gasteiger charge is 2.12. The van der Waals surface area contributed by atoms with E-state index in [1.807, 2.05) is 18.3 Å².